The molecule has 1 aliphatic carbocycles. The van der Waals surface area contributed by atoms with Crippen LogP contribution in [0.1, 0.15) is 48.7 Å². The Hall–Kier alpha value is -2.01. The second-order valence-corrected chi connectivity index (χ2v) is 7.02. The zero-order valence-electron chi connectivity index (χ0n) is 13.2. The fraction of sp³-hybridized carbons (Fsp3) is 0.389. The number of nitrogens with zero attached hydrogens (tertiary/aromatic N) is 1. The van der Waals surface area contributed by atoms with Gasteiger partial charge in [0.05, 0.1) is 10.6 Å². The van der Waals surface area contributed by atoms with E-state index in [4.69, 9.17) is 0 Å². The molecule has 4 nitrogen and oxygen atoms in total. The van der Waals surface area contributed by atoms with Crippen molar-refractivity contribution in [3.63, 3.8) is 0 Å². The normalized spacial score (nSPS) is 14.8. The van der Waals surface area contributed by atoms with E-state index in [9.17, 15) is 9.59 Å². The highest BCUT2D eigenvalue weighted by Crippen LogP contribution is 2.32. The van der Waals surface area contributed by atoms with Crippen LogP contribution >= 0.6 is 11.3 Å². The highest BCUT2D eigenvalue weighted by molar-refractivity contribution is 7.18. The highest BCUT2D eigenvalue weighted by Gasteiger charge is 2.21. The Kier molecular flexibility index (Phi) is 4.86. The third kappa shape index (κ3) is 3.85. The summed E-state index contributed by atoms with van der Waals surface area (Å²) in [5.41, 5.74) is 1.55. The number of amides is 1. The average molecular weight is 328 g/mol. The van der Waals surface area contributed by atoms with Crippen LogP contribution in [0.25, 0.3) is 11.3 Å². The lowest BCUT2D eigenvalue weighted by atomic mass is 10.0. The van der Waals surface area contributed by atoms with Gasteiger partial charge >= 0.3 is 0 Å². The number of nitrogens with one attached hydrogen (secondary N) is 1. The molecule has 0 unspecified atom stereocenters. The topological polar surface area (TPSA) is 59.1 Å². The first-order valence-corrected chi connectivity index (χ1v) is 8.82. The average Bonchev–Trinajstić information content (AvgIpc) is 3.17. The van der Waals surface area contributed by atoms with Crippen LogP contribution in [0.3, 0.4) is 0 Å². The zero-order valence-corrected chi connectivity index (χ0v) is 14.0. The maximum Gasteiger partial charge on any atom is 0.226 e. The zero-order chi connectivity index (χ0) is 16.2. The number of benzene rings is 1. The maximum absolute atomic E-state index is 12.2. The van der Waals surface area contributed by atoms with Crippen LogP contribution < -0.4 is 5.32 Å². The van der Waals surface area contributed by atoms with Crippen LogP contribution in [0, 0.1) is 5.92 Å². The first kappa shape index (κ1) is 15.9. The van der Waals surface area contributed by atoms with Crippen molar-refractivity contribution in [3.05, 3.63) is 35.2 Å². The summed E-state index contributed by atoms with van der Waals surface area (Å²) in [7, 11) is 0. The molecule has 1 saturated carbocycles. The van der Waals surface area contributed by atoms with Crippen molar-refractivity contribution >= 4 is 28.2 Å². The Balaban J connectivity index is 1.77. The first-order chi connectivity index (χ1) is 11.1. The number of carbonyl (C=O) groups excluding carboxylic acids is 2. The Labute approximate surface area is 140 Å². The van der Waals surface area contributed by atoms with Gasteiger partial charge in [-0.25, -0.2) is 4.98 Å². The van der Waals surface area contributed by atoms with Crippen LogP contribution in [0.2, 0.25) is 0 Å². The van der Waals surface area contributed by atoms with E-state index in [0.717, 1.165) is 18.4 Å². The molecule has 1 aromatic carbocycles. The van der Waals surface area contributed by atoms with Gasteiger partial charge < -0.3 is 5.32 Å². The summed E-state index contributed by atoms with van der Waals surface area (Å²) in [6.45, 7) is 1.53. The molecule has 0 bridgehead atoms. The lowest BCUT2D eigenvalue weighted by Gasteiger charge is -2.07. The lowest BCUT2D eigenvalue weighted by Crippen LogP contribution is -2.14. The Morgan fingerprint density at radius 1 is 1.22 bits per heavy atom. The van der Waals surface area contributed by atoms with E-state index in [0.29, 0.717) is 28.0 Å². The summed E-state index contributed by atoms with van der Waals surface area (Å²) in [4.78, 5) is 29.1. The summed E-state index contributed by atoms with van der Waals surface area (Å²) < 4.78 is 0. The van der Waals surface area contributed by atoms with Crippen molar-refractivity contribution in [2.24, 2.45) is 5.92 Å². The van der Waals surface area contributed by atoms with Gasteiger partial charge in [0.15, 0.2) is 10.9 Å². The van der Waals surface area contributed by atoms with Crippen molar-refractivity contribution in [1.82, 2.24) is 4.98 Å². The lowest BCUT2D eigenvalue weighted by molar-refractivity contribution is -0.117. The van der Waals surface area contributed by atoms with Crippen LogP contribution in [0.4, 0.5) is 5.13 Å². The molecule has 0 aliphatic heterocycles. The molecular weight excluding hydrogens is 308 g/mol. The molecule has 1 fully saturated rings. The summed E-state index contributed by atoms with van der Waals surface area (Å²) >= 11 is 1.26. The van der Waals surface area contributed by atoms with E-state index in [-0.39, 0.29) is 11.7 Å². The second kappa shape index (κ2) is 7.04. The number of ketones is 1. The minimum absolute atomic E-state index is 0.000337. The van der Waals surface area contributed by atoms with Crippen molar-refractivity contribution in [3.8, 4) is 11.3 Å². The molecule has 1 N–H and O–H groups in total. The molecule has 5 heteroatoms. The predicted molar refractivity (Wildman–Crippen MR) is 92.8 cm³/mol. The summed E-state index contributed by atoms with van der Waals surface area (Å²) in [6.07, 6.45) is 5.28. The molecule has 1 aromatic heterocycles. The number of hydrogen-bond acceptors (Lipinski definition) is 4. The Morgan fingerprint density at radius 3 is 2.57 bits per heavy atom. The molecule has 1 amide bonds. The van der Waals surface area contributed by atoms with E-state index >= 15 is 0 Å². The molecule has 0 atom stereocenters. The molecule has 0 spiro atoms. The third-order valence-electron chi connectivity index (χ3n) is 4.19. The number of Topliss-reactive ketones (excluding diaryl/α,β-unsaturated/α-hetero) is 1. The van der Waals surface area contributed by atoms with Gasteiger partial charge in [-0.05, 0) is 18.8 Å². The quantitative estimate of drug-likeness (QED) is 0.820. The molecule has 120 valence electrons. The van der Waals surface area contributed by atoms with Crippen LogP contribution in [-0.2, 0) is 4.79 Å². The molecule has 3 rings (SSSR count). The largest absolute Gasteiger partial charge is 0.302 e. The van der Waals surface area contributed by atoms with Crippen LogP contribution in [0.15, 0.2) is 30.3 Å². The highest BCUT2D eigenvalue weighted by atomic mass is 32.1. The molecular formula is C18H20N2O2S. The van der Waals surface area contributed by atoms with Crippen molar-refractivity contribution in [2.75, 3.05) is 5.32 Å². The van der Waals surface area contributed by atoms with E-state index in [1.54, 1.807) is 0 Å². The third-order valence-corrected chi connectivity index (χ3v) is 5.26. The van der Waals surface area contributed by atoms with Gasteiger partial charge in [-0.2, -0.15) is 0 Å². The van der Waals surface area contributed by atoms with Crippen molar-refractivity contribution in [2.45, 2.75) is 39.0 Å². The minimum atomic E-state index is -0.0300. The predicted octanol–water partition coefficient (Wildman–Crippen LogP) is 4.53. The smallest absolute Gasteiger partial charge is 0.226 e. The molecule has 1 heterocycles. The van der Waals surface area contributed by atoms with Gasteiger partial charge in [0.25, 0.3) is 0 Å². The van der Waals surface area contributed by atoms with E-state index < -0.39 is 0 Å². The standard InChI is InChI=1S/C18H20N2O2S/c1-12(21)17-16(14-9-3-2-4-10-14)20-18(23-17)19-15(22)11-13-7-5-6-8-13/h2-4,9-10,13H,5-8,11H2,1H3,(H,19,20,22). The summed E-state index contributed by atoms with van der Waals surface area (Å²) in [5, 5.41) is 3.38. The molecule has 0 saturated heterocycles. The van der Waals surface area contributed by atoms with Crippen LogP contribution in [0.5, 0.6) is 0 Å². The number of rotatable bonds is 5. The van der Waals surface area contributed by atoms with E-state index in [1.807, 2.05) is 30.3 Å². The molecule has 0 radical (unpaired) electrons. The summed E-state index contributed by atoms with van der Waals surface area (Å²) in [6, 6.07) is 9.60. The van der Waals surface area contributed by atoms with Gasteiger partial charge in [-0.15, -0.1) is 0 Å². The first-order valence-electron chi connectivity index (χ1n) is 8.00. The number of anilines is 1. The van der Waals surface area contributed by atoms with Gasteiger partial charge in [-0.3, -0.25) is 9.59 Å². The monoisotopic (exact) mass is 328 g/mol. The maximum atomic E-state index is 12.2. The second-order valence-electron chi connectivity index (χ2n) is 6.02. The van der Waals surface area contributed by atoms with E-state index in [1.165, 1.54) is 31.1 Å². The molecule has 1 aliphatic rings. The van der Waals surface area contributed by atoms with Crippen LogP contribution in [-0.4, -0.2) is 16.7 Å². The van der Waals surface area contributed by atoms with Crippen molar-refractivity contribution in [1.29, 1.82) is 0 Å². The van der Waals surface area contributed by atoms with Crippen molar-refractivity contribution < 1.29 is 9.59 Å². The van der Waals surface area contributed by atoms with E-state index in [2.05, 4.69) is 10.3 Å². The van der Waals surface area contributed by atoms with Gasteiger partial charge in [0.2, 0.25) is 5.91 Å². The molecule has 2 aromatic rings. The van der Waals surface area contributed by atoms with Gasteiger partial charge in [0.1, 0.15) is 0 Å². The summed E-state index contributed by atoms with van der Waals surface area (Å²) in [5.74, 6) is 0.467. The Bertz CT molecular complexity index is 703. The number of thiazole rings is 1. The number of hydrogen-bond donors (Lipinski definition) is 1. The van der Waals surface area contributed by atoms with Gasteiger partial charge in [-0.1, -0.05) is 54.5 Å². The minimum Gasteiger partial charge on any atom is -0.302 e. The Morgan fingerprint density at radius 2 is 1.91 bits per heavy atom. The SMILES string of the molecule is CC(=O)c1sc(NC(=O)CC2CCCC2)nc1-c1ccccc1. The molecule has 23 heavy (non-hydrogen) atoms. The fourth-order valence-electron chi connectivity index (χ4n) is 3.05. The van der Waals surface area contributed by atoms with Gasteiger partial charge in [0, 0.05) is 18.9 Å². The fourth-order valence-corrected chi connectivity index (χ4v) is 3.95. The number of carbonyl (C=O) groups is 2. The number of aromatic nitrogens is 1.